The number of hydrogen-bond donors (Lipinski definition) is 4. The van der Waals surface area contributed by atoms with Gasteiger partial charge in [-0.25, -0.2) is 4.79 Å². The van der Waals surface area contributed by atoms with E-state index in [0.29, 0.717) is 25.0 Å². The van der Waals surface area contributed by atoms with Crippen molar-refractivity contribution in [2.45, 2.75) is 44.2 Å². The minimum Gasteiger partial charge on any atom is -0.353 e. The maximum atomic E-state index is 11.9. The molecule has 3 amide bonds. The van der Waals surface area contributed by atoms with Gasteiger partial charge in [0.05, 0.1) is 6.04 Å². The predicted molar refractivity (Wildman–Crippen MR) is 67.9 cm³/mol. The van der Waals surface area contributed by atoms with Crippen molar-refractivity contribution in [2.24, 2.45) is 11.7 Å². The summed E-state index contributed by atoms with van der Waals surface area (Å²) >= 11 is 0. The first kappa shape index (κ1) is 13.1. The van der Waals surface area contributed by atoms with Gasteiger partial charge >= 0.3 is 6.03 Å². The molecule has 0 spiro atoms. The average molecular weight is 254 g/mol. The van der Waals surface area contributed by atoms with E-state index in [-0.39, 0.29) is 11.9 Å². The van der Waals surface area contributed by atoms with Gasteiger partial charge in [0.1, 0.15) is 0 Å². The average Bonchev–Trinajstić information content (AvgIpc) is 2.78. The van der Waals surface area contributed by atoms with E-state index in [0.717, 1.165) is 6.42 Å². The molecule has 0 aromatic rings. The Labute approximate surface area is 107 Å². The number of hydrogen-bond acceptors (Lipinski definition) is 3. The highest BCUT2D eigenvalue weighted by molar-refractivity contribution is 5.82. The van der Waals surface area contributed by atoms with Crippen molar-refractivity contribution in [3.63, 3.8) is 0 Å². The van der Waals surface area contributed by atoms with Crippen LogP contribution in [-0.4, -0.2) is 37.1 Å². The minimum atomic E-state index is -0.561. The normalized spacial score (nSPS) is 30.6. The van der Waals surface area contributed by atoms with Crippen LogP contribution >= 0.6 is 0 Å². The number of fused-ring (bicyclic) bond motifs is 1. The fourth-order valence-corrected chi connectivity index (χ4v) is 3.02. The topological polar surface area (TPSA) is 96.2 Å². The fraction of sp³-hybridized carbons (Fsp3) is 0.833. The smallest absolute Gasteiger partial charge is 0.312 e. The van der Waals surface area contributed by atoms with Crippen LogP contribution in [0.3, 0.4) is 0 Å². The second-order valence-electron chi connectivity index (χ2n) is 5.19. The fourth-order valence-electron chi connectivity index (χ4n) is 3.02. The SMILES string of the molecule is NC(=O)NCCNC(=O)C1CC2CCCCC2N1. The number of primary amides is 1. The minimum absolute atomic E-state index is 0.0377. The van der Waals surface area contributed by atoms with Crippen LogP contribution in [0, 0.1) is 5.92 Å². The number of rotatable bonds is 4. The van der Waals surface area contributed by atoms with Gasteiger partial charge in [-0.05, 0) is 25.2 Å². The van der Waals surface area contributed by atoms with E-state index in [9.17, 15) is 9.59 Å². The molecule has 6 nitrogen and oxygen atoms in total. The largest absolute Gasteiger partial charge is 0.353 e. The summed E-state index contributed by atoms with van der Waals surface area (Å²) in [6, 6.07) is -0.0980. The number of carbonyl (C=O) groups excluding carboxylic acids is 2. The summed E-state index contributed by atoms with van der Waals surface area (Å²) in [6.45, 7) is 0.802. The van der Waals surface area contributed by atoms with Crippen LogP contribution in [0.15, 0.2) is 0 Å². The molecule has 5 N–H and O–H groups in total. The summed E-state index contributed by atoms with van der Waals surface area (Å²) in [5.41, 5.74) is 4.94. The Hall–Kier alpha value is -1.30. The Morgan fingerprint density at radius 3 is 2.61 bits per heavy atom. The van der Waals surface area contributed by atoms with Crippen LogP contribution in [0.5, 0.6) is 0 Å². The van der Waals surface area contributed by atoms with Gasteiger partial charge in [-0.15, -0.1) is 0 Å². The zero-order valence-electron chi connectivity index (χ0n) is 10.6. The third-order valence-corrected chi connectivity index (χ3v) is 3.90. The highest BCUT2D eigenvalue weighted by Crippen LogP contribution is 2.33. The molecule has 2 fully saturated rings. The molecule has 0 radical (unpaired) electrons. The van der Waals surface area contributed by atoms with Crippen LogP contribution in [-0.2, 0) is 4.79 Å². The van der Waals surface area contributed by atoms with E-state index < -0.39 is 6.03 Å². The van der Waals surface area contributed by atoms with Gasteiger partial charge in [0.2, 0.25) is 5.91 Å². The van der Waals surface area contributed by atoms with Crippen LogP contribution < -0.4 is 21.7 Å². The Balaban J connectivity index is 1.68. The lowest BCUT2D eigenvalue weighted by atomic mass is 9.85. The van der Waals surface area contributed by atoms with Crippen molar-refractivity contribution < 1.29 is 9.59 Å². The third-order valence-electron chi connectivity index (χ3n) is 3.90. The number of carbonyl (C=O) groups is 2. The van der Waals surface area contributed by atoms with Crippen LogP contribution in [0.4, 0.5) is 4.79 Å². The van der Waals surface area contributed by atoms with Gasteiger partial charge in [-0.2, -0.15) is 0 Å². The van der Waals surface area contributed by atoms with Crippen LogP contribution in [0.1, 0.15) is 32.1 Å². The summed E-state index contributed by atoms with van der Waals surface area (Å²) in [7, 11) is 0. The molecule has 1 heterocycles. The Kier molecular flexibility index (Phi) is 4.41. The van der Waals surface area contributed by atoms with Crippen LogP contribution in [0.25, 0.3) is 0 Å². The first-order chi connectivity index (χ1) is 8.66. The highest BCUT2D eigenvalue weighted by Gasteiger charge is 2.37. The number of nitrogens with one attached hydrogen (secondary N) is 3. The second-order valence-corrected chi connectivity index (χ2v) is 5.19. The van der Waals surface area contributed by atoms with Gasteiger partial charge in [0.15, 0.2) is 0 Å². The van der Waals surface area contributed by atoms with Crippen molar-refractivity contribution >= 4 is 11.9 Å². The molecule has 102 valence electrons. The van der Waals surface area contributed by atoms with Gasteiger partial charge < -0.3 is 21.7 Å². The molecule has 1 saturated carbocycles. The first-order valence-corrected chi connectivity index (χ1v) is 6.74. The van der Waals surface area contributed by atoms with Crippen molar-refractivity contribution in [1.82, 2.24) is 16.0 Å². The summed E-state index contributed by atoms with van der Waals surface area (Å²) in [6.07, 6.45) is 5.94. The number of nitrogens with two attached hydrogens (primary N) is 1. The van der Waals surface area contributed by atoms with Gasteiger partial charge in [-0.1, -0.05) is 12.8 Å². The molecule has 1 aliphatic heterocycles. The van der Waals surface area contributed by atoms with Crippen molar-refractivity contribution in [1.29, 1.82) is 0 Å². The predicted octanol–water partition coefficient (Wildman–Crippen LogP) is -0.308. The van der Waals surface area contributed by atoms with Crippen molar-refractivity contribution in [3.05, 3.63) is 0 Å². The van der Waals surface area contributed by atoms with E-state index in [2.05, 4.69) is 16.0 Å². The molecule has 18 heavy (non-hydrogen) atoms. The molecule has 0 aromatic heterocycles. The molecule has 2 aliphatic rings. The Bertz CT molecular complexity index is 307. The molecular weight excluding hydrogens is 232 g/mol. The molecule has 2 rings (SSSR count). The van der Waals surface area contributed by atoms with Gasteiger partial charge in [0.25, 0.3) is 0 Å². The lowest BCUT2D eigenvalue weighted by Crippen LogP contribution is -2.45. The van der Waals surface area contributed by atoms with Gasteiger partial charge in [0, 0.05) is 19.1 Å². The lowest BCUT2D eigenvalue weighted by molar-refractivity contribution is -0.122. The summed E-state index contributed by atoms with van der Waals surface area (Å²) in [5, 5.41) is 8.68. The third kappa shape index (κ3) is 3.35. The van der Waals surface area contributed by atoms with E-state index in [1.54, 1.807) is 0 Å². The zero-order chi connectivity index (χ0) is 13.0. The molecule has 1 saturated heterocycles. The second kappa shape index (κ2) is 6.04. The van der Waals surface area contributed by atoms with Crippen molar-refractivity contribution in [3.8, 4) is 0 Å². The van der Waals surface area contributed by atoms with Crippen LogP contribution in [0.2, 0.25) is 0 Å². The maximum Gasteiger partial charge on any atom is 0.312 e. The standard InChI is InChI=1S/C12H22N4O2/c13-12(18)15-6-5-14-11(17)10-7-8-3-1-2-4-9(8)16-10/h8-10,16H,1-7H2,(H,14,17)(H3,13,15,18). The highest BCUT2D eigenvalue weighted by atomic mass is 16.2. The zero-order valence-corrected chi connectivity index (χ0v) is 10.6. The Morgan fingerprint density at radius 2 is 1.89 bits per heavy atom. The molecule has 0 aromatic carbocycles. The lowest BCUT2D eigenvalue weighted by Gasteiger charge is -2.24. The summed E-state index contributed by atoms with van der Waals surface area (Å²) in [4.78, 5) is 22.4. The summed E-state index contributed by atoms with van der Waals surface area (Å²) < 4.78 is 0. The molecule has 3 atom stereocenters. The number of amides is 3. The molecule has 6 heteroatoms. The Morgan fingerprint density at radius 1 is 1.17 bits per heavy atom. The van der Waals surface area contributed by atoms with E-state index in [1.165, 1.54) is 25.7 Å². The quantitative estimate of drug-likeness (QED) is 0.518. The molecule has 1 aliphatic carbocycles. The van der Waals surface area contributed by atoms with E-state index in [1.807, 2.05) is 0 Å². The van der Waals surface area contributed by atoms with E-state index in [4.69, 9.17) is 5.73 Å². The first-order valence-electron chi connectivity index (χ1n) is 6.74. The van der Waals surface area contributed by atoms with Gasteiger partial charge in [-0.3, -0.25) is 4.79 Å². The molecular formula is C12H22N4O2. The number of urea groups is 1. The molecule has 3 unspecified atom stereocenters. The van der Waals surface area contributed by atoms with E-state index >= 15 is 0 Å². The maximum absolute atomic E-state index is 11.9. The monoisotopic (exact) mass is 254 g/mol. The summed E-state index contributed by atoms with van der Waals surface area (Å²) in [5.74, 6) is 0.703. The van der Waals surface area contributed by atoms with Crippen molar-refractivity contribution in [2.75, 3.05) is 13.1 Å². The molecule has 0 bridgehead atoms.